The summed E-state index contributed by atoms with van der Waals surface area (Å²) < 4.78 is 7.06. The van der Waals surface area contributed by atoms with Gasteiger partial charge in [-0.15, -0.1) is 0 Å². The van der Waals surface area contributed by atoms with Crippen molar-refractivity contribution in [3.63, 3.8) is 0 Å². The predicted octanol–water partition coefficient (Wildman–Crippen LogP) is 2.29. The number of esters is 1. The molecule has 1 aromatic heterocycles. The third-order valence-electron chi connectivity index (χ3n) is 4.53. The first-order valence-corrected chi connectivity index (χ1v) is 7.95. The first kappa shape index (κ1) is 16.0. The molecule has 0 amide bonds. The Labute approximate surface area is 127 Å². The Morgan fingerprint density at radius 3 is 3.05 bits per heavy atom. The maximum Gasteiger partial charge on any atom is 0.326 e. The van der Waals surface area contributed by atoms with Crippen LogP contribution in [0.4, 0.5) is 0 Å². The normalized spacial score (nSPS) is 25.2. The van der Waals surface area contributed by atoms with Crippen molar-refractivity contribution in [3.05, 3.63) is 18.0 Å². The summed E-state index contributed by atoms with van der Waals surface area (Å²) in [5, 5.41) is 7.81. The second-order valence-electron chi connectivity index (χ2n) is 6.05. The van der Waals surface area contributed by atoms with Crippen LogP contribution in [0.3, 0.4) is 0 Å². The number of methoxy groups -OCH3 is 1. The second kappa shape index (κ2) is 7.07. The number of aryl methyl sites for hydroxylation is 2. The summed E-state index contributed by atoms with van der Waals surface area (Å²) in [6.45, 7) is 5.87. The van der Waals surface area contributed by atoms with Gasteiger partial charge in [-0.25, -0.2) is 0 Å². The summed E-state index contributed by atoms with van der Waals surface area (Å²) in [7, 11) is 1.49. The molecule has 0 radical (unpaired) electrons. The minimum Gasteiger partial charge on any atom is -0.468 e. The van der Waals surface area contributed by atoms with Crippen molar-refractivity contribution in [1.82, 2.24) is 15.1 Å². The van der Waals surface area contributed by atoms with Crippen molar-refractivity contribution in [2.45, 2.75) is 58.0 Å². The van der Waals surface area contributed by atoms with E-state index in [-0.39, 0.29) is 5.97 Å². The molecule has 118 valence electrons. The highest BCUT2D eigenvalue weighted by Gasteiger charge is 2.49. The molecule has 2 atom stereocenters. The Balaban J connectivity index is 2.05. The van der Waals surface area contributed by atoms with Crippen molar-refractivity contribution in [2.75, 3.05) is 13.7 Å². The zero-order chi connectivity index (χ0) is 15.3. The molecular formula is C16H27N3O2. The van der Waals surface area contributed by atoms with Crippen LogP contribution in [-0.4, -0.2) is 34.9 Å². The van der Waals surface area contributed by atoms with E-state index in [4.69, 9.17) is 4.74 Å². The number of carbonyl (C=O) groups excluding carboxylic acids is 1. The van der Waals surface area contributed by atoms with Gasteiger partial charge in [0.05, 0.1) is 13.3 Å². The van der Waals surface area contributed by atoms with Crippen LogP contribution >= 0.6 is 0 Å². The van der Waals surface area contributed by atoms with Gasteiger partial charge in [0.25, 0.3) is 0 Å². The van der Waals surface area contributed by atoms with Crippen molar-refractivity contribution < 1.29 is 9.53 Å². The molecule has 0 saturated heterocycles. The number of nitrogens with zero attached hydrogens (tertiary/aromatic N) is 2. The van der Waals surface area contributed by atoms with Gasteiger partial charge in [-0.3, -0.25) is 9.48 Å². The fourth-order valence-electron chi connectivity index (χ4n) is 3.45. The van der Waals surface area contributed by atoms with Crippen LogP contribution in [0, 0.1) is 12.8 Å². The Bertz CT molecular complexity index is 472. The third kappa shape index (κ3) is 3.46. The molecule has 21 heavy (non-hydrogen) atoms. The largest absolute Gasteiger partial charge is 0.468 e. The summed E-state index contributed by atoms with van der Waals surface area (Å²) in [4.78, 5) is 12.4. The van der Waals surface area contributed by atoms with Gasteiger partial charge in [0.15, 0.2) is 0 Å². The molecule has 1 fully saturated rings. The summed E-state index contributed by atoms with van der Waals surface area (Å²) in [5.74, 6) is 0.219. The summed E-state index contributed by atoms with van der Waals surface area (Å²) >= 11 is 0. The fraction of sp³-hybridized carbons (Fsp3) is 0.750. The fourth-order valence-corrected chi connectivity index (χ4v) is 3.45. The number of hydrogen-bond donors (Lipinski definition) is 1. The van der Waals surface area contributed by atoms with E-state index in [0.29, 0.717) is 5.92 Å². The predicted molar refractivity (Wildman–Crippen MR) is 82.0 cm³/mol. The quantitative estimate of drug-likeness (QED) is 0.784. The van der Waals surface area contributed by atoms with E-state index < -0.39 is 5.54 Å². The lowest BCUT2D eigenvalue weighted by Crippen LogP contribution is -2.55. The minimum atomic E-state index is -0.493. The molecule has 1 aliphatic carbocycles. The van der Waals surface area contributed by atoms with Crippen molar-refractivity contribution in [2.24, 2.45) is 5.92 Å². The Morgan fingerprint density at radius 2 is 2.43 bits per heavy atom. The van der Waals surface area contributed by atoms with E-state index >= 15 is 0 Å². The molecule has 1 saturated carbocycles. The zero-order valence-electron chi connectivity index (χ0n) is 13.4. The molecule has 0 aliphatic heterocycles. The van der Waals surface area contributed by atoms with Crippen molar-refractivity contribution >= 4 is 5.97 Å². The van der Waals surface area contributed by atoms with Gasteiger partial charge in [0, 0.05) is 12.7 Å². The van der Waals surface area contributed by atoms with Crippen LogP contribution in [0.25, 0.3) is 0 Å². The van der Waals surface area contributed by atoms with Gasteiger partial charge in [-0.1, -0.05) is 13.3 Å². The Morgan fingerprint density at radius 1 is 1.62 bits per heavy atom. The second-order valence-corrected chi connectivity index (χ2v) is 6.05. The average Bonchev–Trinajstić information content (AvgIpc) is 3.09. The Kier molecular flexibility index (Phi) is 5.39. The van der Waals surface area contributed by atoms with E-state index in [1.54, 1.807) is 0 Å². The van der Waals surface area contributed by atoms with Crippen LogP contribution in [0.1, 0.15) is 44.6 Å². The maximum absolute atomic E-state index is 12.4. The topological polar surface area (TPSA) is 56.1 Å². The number of hydrogen-bond acceptors (Lipinski definition) is 4. The first-order valence-electron chi connectivity index (χ1n) is 7.95. The number of nitrogens with one attached hydrogen (secondary N) is 1. The van der Waals surface area contributed by atoms with Crippen LogP contribution in [0.5, 0.6) is 0 Å². The van der Waals surface area contributed by atoms with Crippen LogP contribution in [0.2, 0.25) is 0 Å². The molecule has 5 heteroatoms. The first-order chi connectivity index (χ1) is 10.1. The van der Waals surface area contributed by atoms with E-state index in [0.717, 1.165) is 45.2 Å². The maximum atomic E-state index is 12.4. The third-order valence-corrected chi connectivity index (χ3v) is 4.53. The van der Waals surface area contributed by atoms with Gasteiger partial charge in [0.1, 0.15) is 5.54 Å². The molecule has 0 aromatic carbocycles. The monoisotopic (exact) mass is 293 g/mol. The van der Waals surface area contributed by atoms with Crippen molar-refractivity contribution in [1.29, 1.82) is 0 Å². The summed E-state index contributed by atoms with van der Waals surface area (Å²) in [6, 6.07) is 0. The summed E-state index contributed by atoms with van der Waals surface area (Å²) in [6.07, 6.45) is 8.92. The van der Waals surface area contributed by atoms with E-state index in [1.165, 1.54) is 12.7 Å². The molecule has 0 bridgehead atoms. The highest BCUT2D eigenvalue weighted by atomic mass is 16.5. The van der Waals surface area contributed by atoms with Gasteiger partial charge in [0.2, 0.25) is 0 Å². The lowest BCUT2D eigenvalue weighted by Gasteiger charge is -2.34. The van der Waals surface area contributed by atoms with Gasteiger partial charge < -0.3 is 10.1 Å². The van der Waals surface area contributed by atoms with Gasteiger partial charge in [-0.2, -0.15) is 5.10 Å². The van der Waals surface area contributed by atoms with E-state index in [2.05, 4.69) is 17.3 Å². The Hall–Kier alpha value is -1.36. The lowest BCUT2D eigenvalue weighted by molar-refractivity contribution is -0.150. The van der Waals surface area contributed by atoms with Crippen LogP contribution in [0.15, 0.2) is 12.4 Å². The van der Waals surface area contributed by atoms with Gasteiger partial charge >= 0.3 is 5.97 Å². The zero-order valence-corrected chi connectivity index (χ0v) is 13.4. The molecule has 1 aliphatic rings. The standard InChI is InChI=1S/C16H27N3O2/c1-4-9-17-16(15(20)21-3)8-5-6-14(16)7-10-19-12-13(2)11-18-19/h11-12,14,17H,4-10H2,1-3H3. The molecule has 2 unspecified atom stereocenters. The summed E-state index contributed by atoms with van der Waals surface area (Å²) in [5.41, 5.74) is 0.678. The molecular weight excluding hydrogens is 266 g/mol. The number of rotatable bonds is 7. The van der Waals surface area contributed by atoms with E-state index in [1.807, 2.05) is 24.0 Å². The SMILES string of the molecule is CCCNC1(C(=O)OC)CCCC1CCn1cc(C)cn1. The van der Waals surface area contributed by atoms with Crippen molar-refractivity contribution in [3.8, 4) is 0 Å². The van der Waals surface area contributed by atoms with Gasteiger partial charge in [-0.05, 0) is 50.6 Å². The molecule has 0 spiro atoms. The number of carbonyl (C=O) groups is 1. The molecule has 1 aromatic rings. The average molecular weight is 293 g/mol. The van der Waals surface area contributed by atoms with E-state index in [9.17, 15) is 4.79 Å². The molecule has 2 rings (SSSR count). The van der Waals surface area contributed by atoms with Crippen LogP contribution in [-0.2, 0) is 16.1 Å². The number of ether oxygens (including phenoxy) is 1. The highest BCUT2D eigenvalue weighted by molar-refractivity contribution is 5.81. The smallest absolute Gasteiger partial charge is 0.326 e. The van der Waals surface area contributed by atoms with Crippen LogP contribution < -0.4 is 5.32 Å². The lowest BCUT2D eigenvalue weighted by atomic mass is 9.84. The highest BCUT2D eigenvalue weighted by Crippen LogP contribution is 2.39. The molecule has 1 heterocycles. The minimum absolute atomic E-state index is 0.102. The number of aromatic nitrogens is 2. The molecule has 5 nitrogen and oxygen atoms in total. The molecule has 1 N–H and O–H groups in total.